The molecule has 0 amide bonds. The maximum atomic E-state index is 12.0. The molecule has 0 spiro atoms. The van der Waals surface area contributed by atoms with Gasteiger partial charge in [-0.15, -0.1) is 0 Å². The van der Waals surface area contributed by atoms with E-state index in [1.54, 1.807) is 0 Å². The van der Waals surface area contributed by atoms with Crippen LogP contribution in [0.1, 0.15) is 32.6 Å². The molecule has 0 aromatic carbocycles. The number of alkyl halides is 1. The number of halogens is 1. The number of likely N-dealkylation sites (tertiary alicyclic amines) is 1. The molecule has 1 rings (SSSR count). The highest BCUT2D eigenvalue weighted by Crippen LogP contribution is 2.20. The average Bonchev–Trinajstić information content (AvgIpc) is 2.39. The number of nitrogens with zero attached hydrogens (tertiary/aromatic N) is 1. The third kappa shape index (κ3) is 2.44. The lowest BCUT2D eigenvalue weighted by molar-refractivity contribution is 0.221. The lowest BCUT2D eigenvalue weighted by Crippen LogP contribution is -2.31. The van der Waals surface area contributed by atoms with Gasteiger partial charge in [-0.2, -0.15) is 0 Å². The van der Waals surface area contributed by atoms with Crippen LogP contribution >= 0.6 is 0 Å². The first-order valence-electron chi connectivity index (χ1n) is 4.68. The van der Waals surface area contributed by atoms with Crippen molar-refractivity contribution in [3.8, 4) is 0 Å². The molecule has 0 aromatic heterocycles. The average molecular weight is 159 g/mol. The minimum atomic E-state index is -0.180. The number of hydrogen-bond donors (Lipinski definition) is 0. The molecule has 0 bridgehead atoms. The highest BCUT2D eigenvalue weighted by molar-refractivity contribution is 4.78. The molecular formula is C9H18FN. The molecule has 1 atom stereocenters. The van der Waals surface area contributed by atoms with E-state index in [0.717, 1.165) is 6.54 Å². The second kappa shape index (κ2) is 4.70. The van der Waals surface area contributed by atoms with Crippen LogP contribution in [-0.4, -0.2) is 30.7 Å². The summed E-state index contributed by atoms with van der Waals surface area (Å²) in [5, 5.41) is 0. The summed E-state index contributed by atoms with van der Waals surface area (Å²) < 4.78 is 12.0. The Morgan fingerprint density at radius 1 is 1.55 bits per heavy atom. The van der Waals surface area contributed by atoms with Gasteiger partial charge in [-0.25, -0.2) is 4.39 Å². The fraction of sp³-hybridized carbons (Fsp3) is 1.00. The fourth-order valence-corrected chi connectivity index (χ4v) is 1.96. The van der Waals surface area contributed by atoms with Crippen molar-refractivity contribution in [1.82, 2.24) is 4.90 Å². The van der Waals surface area contributed by atoms with Gasteiger partial charge in [-0.1, -0.05) is 13.3 Å². The van der Waals surface area contributed by atoms with Crippen LogP contribution in [0.5, 0.6) is 0 Å². The predicted octanol–water partition coefficient (Wildman–Crippen LogP) is 2.22. The van der Waals surface area contributed by atoms with Crippen molar-refractivity contribution in [1.29, 1.82) is 0 Å². The Balaban J connectivity index is 2.25. The Labute approximate surface area is 68.6 Å². The van der Waals surface area contributed by atoms with Gasteiger partial charge in [-0.3, -0.25) is 4.90 Å². The van der Waals surface area contributed by atoms with Gasteiger partial charge in [-0.05, 0) is 25.8 Å². The van der Waals surface area contributed by atoms with Crippen LogP contribution in [0.15, 0.2) is 0 Å². The van der Waals surface area contributed by atoms with Crippen LogP contribution in [0.25, 0.3) is 0 Å². The van der Waals surface area contributed by atoms with Gasteiger partial charge in [0, 0.05) is 12.6 Å². The number of rotatable bonds is 4. The molecular weight excluding hydrogens is 141 g/mol. The van der Waals surface area contributed by atoms with E-state index in [0.29, 0.717) is 12.6 Å². The van der Waals surface area contributed by atoms with Gasteiger partial charge in [0.1, 0.15) is 6.67 Å². The summed E-state index contributed by atoms with van der Waals surface area (Å²) in [6.45, 7) is 3.80. The molecule has 0 radical (unpaired) electrons. The first kappa shape index (κ1) is 8.98. The highest BCUT2D eigenvalue weighted by Gasteiger charge is 2.22. The molecule has 2 heteroatoms. The molecule has 66 valence electrons. The molecule has 0 saturated carbocycles. The highest BCUT2D eigenvalue weighted by atomic mass is 19.1. The van der Waals surface area contributed by atoms with Gasteiger partial charge >= 0.3 is 0 Å². The fourth-order valence-electron chi connectivity index (χ4n) is 1.96. The van der Waals surface area contributed by atoms with Gasteiger partial charge in [0.15, 0.2) is 0 Å². The molecule has 1 aliphatic heterocycles. The Morgan fingerprint density at radius 2 is 2.36 bits per heavy atom. The van der Waals surface area contributed by atoms with E-state index >= 15 is 0 Å². The van der Waals surface area contributed by atoms with Crippen LogP contribution in [-0.2, 0) is 0 Å². The van der Waals surface area contributed by atoms with Crippen molar-refractivity contribution in [2.45, 2.75) is 38.6 Å². The predicted molar refractivity (Wildman–Crippen MR) is 45.5 cm³/mol. The second-order valence-electron chi connectivity index (χ2n) is 3.31. The SMILES string of the molecule is CCC[C@H]1CCCN1CCF. The third-order valence-corrected chi connectivity index (χ3v) is 2.49. The zero-order valence-electron chi connectivity index (χ0n) is 7.35. The molecule has 1 heterocycles. The second-order valence-corrected chi connectivity index (χ2v) is 3.31. The van der Waals surface area contributed by atoms with Crippen LogP contribution in [0.2, 0.25) is 0 Å². The Kier molecular flexibility index (Phi) is 3.84. The van der Waals surface area contributed by atoms with Gasteiger partial charge in [0.25, 0.3) is 0 Å². The van der Waals surface area contributed by atoms with Crippen molar-refractivity contribution in [2.24, 2.45) is 0 Å². The van der Waals surface area contributed by atoms with Crippen molar-refractivity contribution in [3.63, 3.8) is 0 Å². The summed E-state index contributed by atoms with van der Waals surface area (Å²) in [6.07, 6.45) is 5.03. The van der Waals surface area contributed by atoms with Crippen LogP contribution in [0, 0.1) is 0 Å². The molecule has 0 N–H and O–H groups in total. The topological polar surface area (TPSA) is 3.24 Å². The Bertz CT molecular complexity index is 93.7. The third-order valence-electron chi connectivity index (χ3n) is 2.49. The molecule has 11 heavy (non-hydrogen) atoms. The molecule has 1 nitrogen and oxygen atoms in total. The Morgan fingerprint density at radius 3 is 3.00 bits per heavy atom. The van der Waals surface area contributed by atoms with Crippen molar-refractivity contribution >= 4 is 0 Å². The largest absolute Gasteiger partial charge is 0.298 e. The van der Waals surface area contributed by atoms with E-state index in [4.69, 9.17) is 0 Å². The van der Waals surface area contributed by atoms with Gasteiger partial charge < -0.3 is 0 Å². The maximum absolute atomic E-state index is 12.0. The Hall–Kier alpha value is -0.110. The zero-order valence-corrected chi connectivity index (χ0v) is 7.35. The smallest absolute Gasteiger partial charge is 0.102 e. The van der Waals surface area contributed by atoms with Crippen molar-refractivity contribution < 1.29 is 4.39 Å². The standard InChI is InChI=1S/C9H18FN/c1-2-4-9-5-3-7-11(9)8-6-10/h9H,2-8H2,1H3/t9-/m0/s1. The number of hydrogen-bond acceptors (Lipinski definition) is 1. The summed E-state index contributed by atoms with van der Waals surface area (Å²) in [7, 11) is 0. The van der Waals surface area contributed by atoms with Gasteiger partial charge in [0.05, 0.1) is 0 Å². The molecule has 1 fully saturated rings. The van der Waals surface area contributed by atoms with E-state index in [1.807, 2.05) is 0 Å². The summed E-state index contributed by atoms with van der Waals surface area (Å²) in [5.74, 6) is 0. The summed E-state index contributed by atoms with van der Waals surface area (Å²) in [6, 6.07) is 0.691. The summed E-state index contributed by atoms with van der Waals surface area (Å²) >= 11 is 0. The van der Waals surface area contributed by atoms with Crippen molar-refractivity contribution in [2.75, 3.05) is 19.8 Å². The van der Waals surface area contributed by atoms with E-state index in [2.05, 4.69) is 11.8 Å². The van der Waals surface area contributed by atoms with E-state index in [9.17, 15) is 4.39 Å². The molecule has 1 aliphatic rings. The summed E-state index contributed by atoms with van der Waals surface area (Å²) in [4.78, 5) is 2.30. The first-order valence-corrected chi connectivity index (χ1v) is 4.68. The lowest BCUT2D eigenvalue weighted by atomic mass is 10.1. The van der Waals surface area contributed by atoms with Crippen molar-refractivity contribution in [3.05, 3.63) is 0 Å². The first-order chi connectivity index (χ1) is 5.38. The monoisotopic (exact) mass is 159 g/mol. The van der Waals surface area contributed by atoms with E-state index in [1.165, 1.54) is 25.7 Å². The van der Waals surface area contributed by atoms with Crippen LogP contribution < -0.4 is 0 Å². The van der Waals surface area contributed by atoms with Crippen LogP contribution in [0.3, 0.4) is 0 Å². The summed E-state index contributed by atoms with van der Waals surface area (Å²) in [5.41, 5.74) is 0. The normalized spacial score (nSPS) is 26.2. The quantitative estimate of drug-likeness (QED) is 0.608. The van der Waals surface area contributed by atoms with E-state index < -0.39 is 0 Å². The minimum absolute atomic E-state index is 0.180. The zero-order chi connectivity index (χ0) is 8.10. The maximum Gasteiger partial charge on any atom is 0.102 e. The minimum Gasteiger partial charge on any atom is -0.298 e. The van der Waals surface area contributed by atoms with Crippen LogP contribution in [0.4, 0.5) is 4.39 Å². The lowest BCUT2D eigenvalue weighted by Gasteiger charge is -2.22. The molecule has 0 unspecified atom stereocenters. The van der Waals surface area contributed by atoms with E-state index in [-0.39, 0.29) is 6.67 Å². The molecule has 0 aliphatic carbocycles. The molecule has 1 saturated heterocycles. The van der Waals surface area contributed by atoms with Gasteiger partial charge in [0.2, 0.25) is 0 Å². The molecule has 0 aromatic rings.